The van der Waals surface area contributed by atoms with Gasteiger partial charge >= 0.3 is 0 Å². The summed E-state index contributed by atoms with van der Waals surface area (Å²) in [5.41, 5.74) is 2.49. The van der Waals surface area contributed by atoms with E-state index in [4.69, 9.17) is 16.3 Å². The van der Waals surface area contributed by atoms with E-state index in [1.165, 1.54) is 0 Å². The number of rotatable bonds is 7. The first kappa shape index (κ1) is 21.4. The zero-order chi connectivity index (χ0) is 21.5. The molecule has 0 heterocycles. The minimum Gasteiger partial charge on any atom is -0.480 e. The Hall–Kier alpha value is -3.31. The quantitative estimate of drug-likeness (QED) is 0.513. The zero-order valence-electron chi connectivity index (χ0n) is 16.8. The van der Waals surface area contributed by atoms with E-state index in [1.807, 2.05) is 38.1 Å². The first-order chi connectivity index (χ1) is 14.5. The lowest BCUT2D eigenvalue weighted by Crippen LogP contribution is -2.32. The molecule has 3 aromatic rings. The van der Waals surface area contributed by atoms with Crippen LogP contribution in [0.1, 0.15) is 29.3 Å². The Bertz CT molecular complexity index is 1050. The van der Waals surface area contributed by atoms with Gasteiger partial charge < -0.3 is 15.4 Å². The smallest absolute Gasteiger partial charge is 0.265 e. The fourth-order valence-corrected chi connectivity index (χ4v) is 3.08. The Morgan fingerprint density at radius 2 is 1.63 bits per heavy atom. The molecule has 0 aromatic heterocycles. The molecule has 0 fully saturated rings. The third-order valence-electron chi connectivity index (χ3n) is 4.50. The van der Waals surface area contributed by atoms with E-state index in [0.717, 1.165) is 5.56 Å². The van der Waals surface area contributed by atoms with Gasteiger partial charge in [0.15, 0.2) is 6.10 Å². The van der Waals surface area contributed by atoms with Crippen LogP contribution in [-0.2, 0) is 4.79 Å². The molecule has 3 rings (SSSR count). The molecule has 0 bridgehead atoms. The Morgan fingerprint density at radius 3 is 2.33 bits per heavy atom. The van der Waals surface area contributed by atoms with Gasteiger partial charge in [-0.1, -0.05) is 48.9 Å². The lowest BCUT2D eigenvalue weighted by atomic mass is 10.1. The third-order valence-corrected chi connectivity index (χ3v) is 4.74. The number of anilines is 2. The second kappa shape index (κ2) is 9.94. The van der Waals surface area contributed by atoms with Crippen molar-refractivity contribution in [1.29, 1.82) is 0 Å². The predicted molar refractivity (Wildman–Crippen MR) is 120 cm³/mol. The second-order valence-electron chi connectivity index (χ2n) is 6.81. The van der Waals surface area contributed by atoms with Crippen LogP contribution in [0.25, 0.3) is 0 Å². The van der Waals surface area contributed by atoms with Gasteiger partial charge in [0.05, 0.1) is 0 Å². The van der Waals surface area contributed by atoms with Gasteiger partial charge in [-0.05, 0) is 61.4 Å². The molecule has 0 aliphatic rings. The van der Waals surface area contributed by atoms with Crippen molar-refractivity contribution in [1.82, 2.24) is 0 Å². The maximum absolute atomic E-state index is 12.7. The van der Waals surface area contributed by atoms with Crippen molar-refractivity contribution >= 4 is 34.8 Å². The Morgan fingerprint density at radius 1 is 0.933 bits per heavy atom. The van der Waals surface area contributed by atoms with E-state index < -0.39 is 6.10 Å². The molecule has 0 radical (unpaired) electrons. The molecule has 154 valence electrons. The van der Waals surface area contributed by atoms with E-state index in [2.05, 4.69) is 10.6 Å². The number of carbonyl (C=O) groups excluding carboxylic acids is 2. The largest absolute Gasteiger partial charge is 0.480 e. The van der Waals surface area contributed by atoms with Crippen molar-refractivity contribution in [2.24, 2.45) is 0 Å². The number of benzene rings is 3. The maximum atomic E-state index is 12.7. The Labute approximate surface area is 181 Å². The predicted octanol–water partition coefficient (Wildman–Crippen LogP) is 5.70. The standard InChI is InChI=1S/C24H23ClN2O3/c1-3-21(30-22-13-5-4-8-16(22)2)24(29)27-19-11-6-9-17(14-19)23(28)26-20-12-7-10-18(25)15-20/h4-15,21H,3H2,1-2H3,(H,26,28)(H,27,29). The van der Waals surface area contributed by atoms with Crippen LogP contribution in [0.4, 0.5) is 11.4 Å². The number of hydrogen-bond acceptors (Lipinski definition) is 3. The molecule has 0 saturated heterocycles. The molecule has 2 N–H and O–H groups in total. The molecule has 30 heavy (non-hydrogen) atoms. The van der Waals surface area contributed by atoms with Gasteiger partial charge in [-0.3, -0.25) is 9.59 Å². The molecule has 1 atom stereocenters. The monoisotopic (exact) mass is 422 g/mol. The lowest BCUT2D eigenvalue weighted by Gasteiger charge is -2.18. The summed E-state index contributed by atoms with van der Waals surface area (Å²) in [6.07, 6.45) is -0.134. The molecular weight excluding hydrogens is 400 g/mol. The topological polar surface area (TPSA) is 67.4 Å². The molecule has 1 unspecified atom stereocenters. The first-order valence-corrected chi connectivity index (χ1v) is 10.0. The van der Waals surface area contributed by atoms with Crippen LogP contribution in [0.3, 0.4) is 0 Å². The average molecular weight is 423 g/mol. The number of hydrogen-bond donors (Lipinski definition) is 2. The third kappa shape index (κ3) is 5.61. The van der Waals surface area contributed by atoms with Crippen LogP contribution in [0.5, 0.6) is 5.75 Å². The van der Waals surface area contributed by atoms with Crippen LogP contribution in [0.2, 0.25) is 5.02 Å². The number of halogens is 1. The SMILES string of the molecule is CCC(Oc1ccccc1C)C(=O)Nc1cccc(C(=O)Nc2cccc(Cl)c2)c1. The van der Waals surface area contributed by atoms with Gasteiger partial charge in [0, 0.05) is 22.0 Å². The van der Waals surface area contributed by atoms with Crippen LogP contribution < -0.4 is 15.4 Å². The zero-order valence-corrected chi connectivity index (χ0v) is 17.6. The van der Waals surface area contributed by atoms with E-state index in [1.54, 1.807) is 48.5 Å². The molecule has 6 heteroatoms. The van der Waals surface area contributed by atoms with Crippen molar-refractivity contribution in [3.05, 3.63) is 88.9 Å². The van der Waals surface area contributed by atoms with Crippen LogP contribution in [-0.4, -0.2) is 17.9 Å². The Kier molecular flexibility index (Phi) is 7.09. The fourth-order valence-electron chi connectivity index (χ4n) is 2.89. The molecule has 0 aliphatic heterocycles. The highest BCUT2D eigenvalue weighted by Crippen LogP contribution is 2.21. The first-order valence-electron chi connectivity index (χ1n) is 9.66. The fraction of sp³-hybridized carbons (Fsp3) is 0.167. The van der Waals surface area contributed by atoms with Gasteiger partial charge in [0.25, 0.3) is 11.8 Å². The van der Waals surface area contributed by atoms with Gasteiger partial charge in [-0.25, -0.2) is 0 Å². The van der Waals surface area contributed by atoms with Crippen LogP contribution >= 0.6 is 11.6 Å². The second-order valence-corrected chi connectivity index (χ2v) is 7.25. The minimum absolute atomic E-state index is 0.270. The van der Waals surface area contributed by atoms with Crippen molar-refractivity contribution in [3.63, 3.8) is 0 Å². The van der Waals surface area contributed by atoms with E-state index in [-0.39, 0.29) is 11.8 Å². The Balaban J connectivity index is 1.68. The summed E-state index contributed by atoms with van der Waals surface area (Å²) in [4.78, 5) is 25.3. The highest BCUT2D eigenvalue weighted by molar-refractivity contribution is 6.31. The van der Waals surface area contributed by atoms with Crippen molar-refractivity contribution < 1.29 is 14.3 Å². The highest BCUT2D eigenvalue weighted by atomic mass is 35.5. The highest BCUT2D eigenvalue weighted by Gasteiger charge is 2.19. The summed E-state index contributed by atoms with van der Waals surface area (Å²) < 4.78 is 5.89. The summed E-state index contributed by atoms with van der Waals surface area (Å²) in [5.74, 6) is 0.110. The molecular formula is C24H23ClN2O3. The van der Waals surface area contributed by atoms with Gasteiger partial charge in [0.1, 0.15) is 5.75 Å². The van der Waals surface area contributed by atoms with Crippen LogP contribution in [0.15, 0.2) is 72.8 Å². The number of nitrogens with one attached hydrogen (secondary N) is 2. The summed E-state index contributed by atoms with van der Waals surface area (Å²) in [5, 5.41) is 6.16. The molecule has 0 aliphatic carbocycles. The normalized spacial score (nSPS) is 11.4. The maximum Gasteiger partial charge on any atom is 0.265 e. The van der Waals surface area contributed by atoms with Gasteiger partial charge in [0.2, 0.25) is 0 Å². The molecule has 5 nitrogen and oxygen atoms in total. The van der Waals surface area contributed by atoms with Crippen molar-refractivity contribution in [2.45, 2.75) is 26.4 Å². The summed E-state index contributed by atoms with van der Waals surface area (Å²) in [6, 6.07) is 21.2. The van der Waals surface area contributed by atoms with Gasteiger partial charge in [-0.2, -0.15) is 0 Å². The van der Waals surface area contributed by atoms with Crippen molar-refractivity contribution in [2.75, 3.05) is 10.6 Å². The number of para-hydroxylation sites is 1. The van der Waals surface area contributed by atoms with Gasteiger partial charge in [-0.15, -0.1) is 0 Å². The molecule has 2 amide bonds. The van der Waals surface area contributed by atoms with E-state index >= 15 is 0 Å². The van der Waals surface area contributed by atoms with E-state index in [0.29, 0.717) is 34.1 Å². The van der Waals surface area contributed by atoms with Crippen LogP contribution in [0, 0.1) is 6.92 Å². The minimum atomic E-state index is -0.643. The number of ether oxygens (including phenoxy) is 1. The summed E-state index contributed by atoms with van der Waals surface area (Å²) in [6.45, 7) is 3.82. The average Bonchev–Trinajstić information content (AvgIpc) is 2.73. The number of carbonyl (C=O) groups is 2. The molecule has 3 aromatic carbocycles. The number of aryl methyl sites for hydroxylation is 1. The lowest BCUT2D eigenvalue weighted by molar-refractivity contribution is -0.122. The summed E-state index contributed by atoms with van der Waals surface area (Å²) in [7, 11) is 0. The molecule has 0 saturated carbocycles. The molecule has 0 spiro atoms. The van der Waals surface area contributed by atoms with E-state index in [9.17, 15) is 9.59 Å². The summed E-state index contributed by atoms with van der Waals surface area (Å²) >= 11 is 5.96. The number of amides is 2. The van der Waals surface area contributed by atoms with Crippen molar-refractivity contribution in [3.8, 4) is 5.75 Å².